The topological polar surface area (TPSA) is 71.9 Å². The third kappa shape index (κ3) is 2.31. The summed E-state index contributed by atoms with van der Waals surface area (Å²) in [4.78, 5) is 3.62. The minimum Gasteiger partial charge on any atom is -0.493 e. The van der Waals surface area contributed by atoms with Gasteiger partial charge < -0.3 is 10.5 Å². The molecule has 0 saturated carbocycles. The Morgan fingerprint density at radius 2 is 2.33 bits per heavy atom. The summed E-state index contributed by atoms with van der Waals surface area (Å²) in [6, 6.07) is 2.86. The van der Waals surface area contributed by atoms with E-state index in [-0.39, 0.29) is 23.6 Å². The van der Waals surface area contributed by atoms with Crippen molar-refractivity contribution in [1.29, 1.82) is 5.26 Å². The summed E-state index contributed by atoms with van der Waals surface area (Å²) < 4.78 is 29.6. The van der Waals surface area contributed by atoms with E-state index < -0.39 is 12.1 Å². The number of nitrogens with two attached hydrogens (primary N) is 1. The highest BCUT2D eigenvalue weighted by Crippen LogP contribution is 2.29. The van der Waals surface area contributed by atoms with Crippen LogP contribution in [0, 0.1) is 11.3 Å². The van der Waals surface area contributed by atoms with Gasteiger partial charge in [-0.25, -0.2) is 13.8 Å². The summed E-state index contributed by atoms with van der Waals surface area (Å²) >= 11 is 0. The second-order valence-corrected chi connectivity index (χ2v) is 2.75. The molecule has 80 valence electrons. The van der Waals surface area contributed by atoms with Gasteiger partial charge in [0.05, 0.1) is 31.0 Å². The molecule has 0 aliphatic carbocycles. The van der Waals surface area contributed by atoms with Gasteiger partial charge in [0.15, 0.2) is 5.75 Å². The Hall–Kier alpha value is -1.90. The maximum atomic E-state index is 12.4. The van der Waals surface area contributed by atoms with Crippen molar-refractivity contribution < 1.29 is 13.5 Å². The van der Waals surface area contributed by atoms with Crippen molar-refractivity contribution in [2.75, 3.05) is 12.8 Å². The molecule has 4 nitrogen and oxygen atoms in total. The van der Waals surface area contributed by atoms with Gasteiger partial charge in [-0.05, 0) is 6.07 Å². The molecule has 0 atom stereocenters. The quantitative estimate of drug-likeness (QED) is 0.828. The monoisotopic (exact) mass is 213 g/mol. The molecule has 0 amide bonds. The average molecular weight is 213 g/mol. The first kappa shape index (κ1) is 11.2. The lowest BCUT2D eigenvalue weighted by Crippen LogP contribution is -2.03. The molecule has 2 N–H and O–H groups in total. The lowest BCUT2D eigenvalue weighted by atomic mass is 10.2. The number of rotatable bonds is 3. The van der Waals surface area contributed by atoms with Crippen molar-refractivity contribution in [3.63, 3.8) is 0 Å². The van der Waals surface area contributed by atoms with Crippen LogP contribution in [-0.2, 0) is 6.42 Å². The molecule has 1 heterocycles. The molecular weight excluding hydrogens is 204 g/mol. The van der Waals surface area contributed by atoms with Crippen molar-refractivity contribution in [1.82, 2.24) is 4.98 Å². The predicted molar refractivity (Wildman–Crippen MR) is 49.5 cm³/mol. The van der Waals surface area contributed by atoms with E-state index in [4.69, 9.17) is 15.7 Å². The number of anilines is 1. The number of nitrogen functional groups attached to an aromatic ring is 1. The van der Waals surface area contributed by atoms with Crippen LogP contribution in [0.25, 0.3) is 0 Å². The molecule has 0 radical (unpaired) electrons. The summed E-state index contributed by atoms with van der Waals surface area (Å²) in [5.41, 5.74) is 5.24. The van der Waals surface area contributed by atoms with Crippen LogP contribution in [-0.4, -0.2) is 12.1 Å². The number of methoxy groups -OCH3 is 1. The SMILES string of the molecule is COc1c(N)cc(C(F)F)nc1CC#N. The van der Waals surface area contributed by atoms with Gasteiger partial charge in [-0.15, -0.1) is 0 Å². The fourth-order valence-corrected chi connectivity index (χ4v) is 1.17. The van der Waals surface area contributed by atoms with Gasteiger partial charge in [-0.3, -0.25) is 0 Å². The van der Waals surface area contributed by atoms with E-state index in [1.54, 1.807) is 0 Å². The Morgan fingerprint density at radius 3 is 2.80 bits per heavy atom. The molecule has 0 aromatic carbocycles. The third-order valence-electron chi connectivity index (χ3n) is 1.77. The molecular formula is C9H9F2N3O. The van der Waals surface area contributed by atoms with Crippen molar-refractivity contribution in [2.45, 2.75) is 12.8 Å². The highest BCUT2D eigenvalue weighted by atomic mass is 19.3. The highest BCUT2D eigenvalue weighted by Gasteiger charge is 2.16. The molecule has 6 heteroatoms. The van der Waals surface area contributed by atoms with Gasteiger partial charge in [0.25, 0.3) is 6.43 Å². The first-order chi connectivity index (χ1) is 7.10. The summed E-state index contributed by atoms with van der Waals surface area (Å²) in [7, 11) is 1.34. The fourth-order valence-electron chi connectivity index (χ4n) is 1.17. The summed E-state index contributed by atoms with van der Waals surface area (Å²) in [5, 5.41) is 8.49. The molecule has 0 saturated heterocycles. The minimum absolute atomic E-state index is 0.0630. The summed E-state index contributed by atoms with van der Waals surface area (Å²) in [6.07, 6.45) is -2.83. The fraction of sp³-hybridized carbons (Fsp3) is 0.333. The smallest absolute Gasteiger partial charge is 0.280 e. The zero-order chi connectivity index (χ0) is 11.4. The molecule has 15 heavy (non-hydrogen) atoms. The van der Waals surface area contributed by atoms with Gasteiger partial charge in [0, 0.05) is 0 Å². The standard InChI is InChI=1S/C9H9F2N3O/c1-15-8-5(13)4-7(9(10)11)14-6(8)2-3-12/h4,9H,2H2,1H3,(H2,13,14). The first-order valence-electron chi connectivity index (χ1n) is 4.08. The van der Waals surface area contributed by atoms with E-state index in [0.717, 1.165) is 6.07 Å². The zero-order valence-electron chi connectivity index (χ0n) is 8.00. The van der Waals surface area contributed by atoms with Crippen molar-refractivity contribution in [3.8, 4) is 11.8 Å². The van der Waals surface area contributed by atoms with Crippen LogP contribution in [0.15, 0.2) is 6.07 Å². The van der Waals surface area contributed by atoms with Crippen molar-refractivity contribution in [2.24, 2.45) is 0 Å². The Balaban J connectivity index is 3.26. The maximum Gasteiger partial charge on any atom is 0.280 e. The number of ether oxygens (including phenoxy) is 1. The van der Waals surface area contributed by atoms with E-state index in [9.17, 15) is 8.78 Å². The van der Waals surface area contributed by atoms with Crippen LogP contribution in [0.3, 0.4) is 0 Å². The zero-order valence-corrected chi connectivity index (χ0v) is 8.00. The molecule has 0 bridgehead atoms. The van der Waals surface area contributed by atoms with Crippen molar-refractivity contribution in [3.05, 3.63) is 17.5 Å². The molecule has 0 spiro atoms. The van der Waals surface area contributed by atoms with Crippen LogP contribution >= 0.6 is 0 Å². The van der Waals surface area contributed by atoms with E-state index >= 15 is 0 Å². The lowest BCUT2D eigenvalue weighted by molar-refractivity contribution is 0.145. The van der Waals surface area contributed by atoms with E-state index in [2.05, 4.69) is 4.98 Å². The van der Waals surface area contributed by atoms with Gasteiger partial charge in [0.1, 0.15) is 5.69 Å². The number of hydrogen-bond donors (Lipinski definition) is 1. The van der Waals surface area contributed by atoms with E-state index in [0.29, 0.717) is 0 Å². The molecule has 0 fully saturated rings. The summed E-state index contributed by atoms with van der Waals surface area (Å²) in [5.74, 6) is 0.181. The average Bonchev–Trinajstić information content (AvgIpc) is 2.17. The van der Waals surface area contributed by atoms with E-state index in [1.165, 1.54) is 7.11 Å². The van der Waals surface area contributed by atoms with E-state index in [1.807, 2.05) is 6.07 Å². The normalized spacial score (nSPS) is 10.1. The Kier molecular flexibility index (Phi) is 3.39. The minimum atomic E-state index is -2.71. The van der Waals surface area contributed by atoms with Crippen molar-refractivity contribution >= 4 is 5.69 Å². The van der Waals surface area contributed by atoms with Crippen LogP contribution in [0.1, 0.15) is 17.8 Å². The van der Waals surface area contributed by atoms with Gasteiger partial charge >= 0.3 is 0 Å². The Bertz CT molecular complexity index is 401. The lowest BCUT2D eigenvalue weighted by Gasteiger charge is -2.10. The number of hydrogen-bond acceptors (Lipinski definition) is 4. The molecule has 0 aliphatic heterocycles. The summed E-state index contributed by atoms with van der Waals surface area (Å²) in [6.45, 7) is 0. The predicted octanol–water partition coefficient (Wildman–Crippen LogP) is 1.68. The first-order valence-corrected chi connectivity index (χ1v) is 4.08. The molecule has 1 aromatic heterocycles. The number of halogens is 2. The number of pyridine rings is 1. The molecule has 1 aromatic rings. The second kappa shape index (κ2) is 4.55. The number of alkyl halides is 2. The number of nitrogens with zero attached hydrogens (tertiary/aromatic N) is 2. The highest BCUT2D eigenvalue weighted by molar-refractivity contribution is 5.56. The van der Waals surface area contributed by atoms with Crippen LogP contribution in [0.4, 0.5) is 14.5 Å². The second-order valence-electron chi connectivity index (χ2n) is 2.75. The van der Waals surface area contributed by atoms with Crippen LogP contribution in [0.5, 0.6) is 5.75 Å². The number of nitriles is 1. The third-order valence-corrected chi connectivity index (χ3v) is 1.77. The molecule has 1 rings (SSSR count). The largest absolute Gasteiger partial charge is 0.493 e. The van der Waals surface area contributed by atoms with Crippen LogP contribution < -0.4 is 10.5 Å². The molecule has 0 unspecified atom stereocenters. The van der Waals surface area contributed by atoms with Gasteiger partial charge in [-0.1, -0.05) is 0 Å². The Morgan fingerprint density at radius 1 is 1.67 bits per heavy atom. The van der Waals surface area contributed by atoms with Gasteiger partial charge in [0.2, 0.25) is 0 Å². The van der Waals surface area contributed by atoms with Gasteiger partial charge in [-0.2, -0.15) is 5.26 Å². The van der Waals surface area contributed by atoms with Crippen LogP contribution in [0.2, 0.25) is 0 Å². The Labute approximate surface area is 85.3 Å². The molecule has 0 aliphatic rings. The number of aromatic nitrogens is 1. The maximum absolute atomic E-state index is 12.4.